The van der Waals surface area contributed by atoms with E-state index < -0.39 is 0 Å². The minimum atomic E-state index is 0.396. The predicted octanol–water partition coefficient (Wildman–Crippen LogP) is 4.60. The number of halogens is 1. The van der Waals surface area contributed by atoms with E-state index in [1.807, 2.05) is 50.5 Å². The molecule has 2 rings (SSSR count). The lowest BCUT2D eigenvalue weighted by Gasteiger charge is -2.10. The molecule has 2 aromatic carbocycles. The van der Waals surface area contributed by atoms with Gasteiger partial charge in [0.05, 0.1) is 7.11 Å². The van der Waals surface area contributed by atoms with Gasteiger partial charge in [-0.15, -0.1) is 0 Å². The third kappa shape index (κ3) is 6.61. The summed E-state index contributed by atoms with van der Waals surface area (Å²) in [6, 6.07) is 16.8. The molecule has 0 saturated heterocycles. The summed E-state index contributed by atoms with van der Waals surface area (Å²) in [6.07, 6.45) is 0. The van der Waals surface area contributed by atoms with Crippen LogP contribution in [0, 0.1) is 0 Å². The van der Waals surface area contributed by atoms with Gasteiger partial charge in [0.1, 0.15) is 5.75 Å². The average Bonchev–Trinajstić information content (AvgIpc) is 2.61. The number of hydrogen-bond acceptors (Lipinski definition) is 3. The first-order valence-corrected chi connectivity index (χ1v) is 8.13. The third-order valence-electron chi connectivity index (χ3n) is 3.85. The molecule has 0 aliphatic carbocycles. The van der Waals surface area contributed by atoms with Gasteiger partial charge in [-0.1, -0.05) is 35.9 Å². The maximum absolute atomic E-state index is 5.74. The van der Waals surface area contributed by atoms with E-state index in [9.17, 15) is 0 Å². The lowest BCUT2D eigenvalue weighted by Crippen LogP contribution is -2.11. The summed E-state index contributed by atoms with van der Waals surface area (Å²) in [5, 5.41) is 7.12. The summed E-state index contributed by atoms with van der Waals surface area (Å²) >= 11 is 5.74. The van der Waals surface area contributed by atoms with Gasteiger partial charge in [-0.2, -0.15) is 0 Å². The third-order valence-corrected chi connectivity index (χ3v) is 4.10. The molecular formula is C19H27ClN2O. The molecule has 4 heteroatoms. The van der Waals surface area contributed by atoms with Gasteiger partial charge in [-0.05, 0) is 63.3 Å². The zero-order valence-electron chi connectivity index (χ0n) is 14.6. The minimum absolute atomic E-state index is 0.396. The molecule has 0 heterocycles. The van der Waals surface area contributed by atoms with Gasteiger partial charge in [-0.25, -0.2) is 0 Å². The SMILES string of the molecule is CNC(C)c1ccc(Cl)cc1.CNC(C)c1ccc(OC)cc1. The smallest absolute Gasteiger partial charge is 0.118 e. The zero-order valence-corrected chi connectivity index (χ0v) is 15.3. The van der Waals surface area contributed by atoms with Crippen LogP contribution in [0.5, 0.6) is 5.75 Å². The van der Waals surface area contributed by atoms with Crippen LogP contribution in [0.25, 0.3) is 0 Å². The molecule has 0 aromatic heterocycles. The van der Waals surface area contributed by atoms with E-state index in [4.69, 9.17) is 16.3 Å². The molecule has 2 N–H and O–H groups in total. The minimum Gasteiger partial charge on any atom is -0.497 e. The molecule has 0 aliphatic heterocycles. The van der Waals surface area contributed by atoms with Crippen LogP contribution in [0.2, 0.25) is 5.02 Å². The number of nitrogens with one attached hydrogen (secondary N) is 2. The van der Waals surface area contributed by atoms with Crippen molar-refractivity contribution in [2.75, 3.05) is 21.2 Å². The maximum atomic E-state index is 5.74. The van der Waals surface area contributed by atoms with Crippen molar-refractivity contribution < 1.29 is 4.74 Å². The number of hydrogen-bond donors (Lipinski definition) is 2. The van der Waals surface area contributed by atoms with Gasteiger partial charge in [0.2, 0.25) is 0 Å². The van der Waals surface area contributed by atoms with E-state index in [1.54, 1.807) is 7.11 Å². The highest BCUT2D eigenvalue weighted by Crippen LogP contribution is 2.16. The van der Waals surface area contributed by atoms with E-state index in [0.29, 0.717) is 12.1 Å². The Kier molecular flexibility index (Phi) is 8.70. The molecule has 0 fully saturated rings. The topological polar surface area (TPSA) is 33.3 Å². The molecule has 0 aliphatic rings. The zero-order chi connectivity index (χ0) is 17.2. The fourth-order valence-corrected chi connectivity index (χ4v) is 2.10. The molecule has 3 nitrogen and oxygen atoms in total. The van der Waals surface area contributed by atoms with E-state index in [1.165, 1.54) is 11.1 Å². The van der Waals surface area contributed by atoms with Crippen molar-refractivity contribution in [2.24, 2.45) is 0 Å². The Bertz CT molecular complexity index is 555. The molecule has 0 spiro atoms. The fourth-order valence-electron chi connectivity index (χ4n) is 1.98. The summed E-state index contributed by atoms with van der Waals surface area (Å²) in [4.78, 5) is 0. The van der Waals surface area contributed by atoms with Crippen molar-refractivity contribution in [1.29, 1.82) is 0 Å². The standard InChI is InChI=1S/C10H15NO.C9H12ClN/c1-8(11-2)9-4-6-10(12-3)7-5-9;1-7(11-2)8-3-5-9(10)6-4-8/h4-8,11H,1-3H3;3-7,11H,1-2H3. The Labute approximate surface area is 145 Å². The van der Waals surface area contributed by atoms with Crippen LogP contribution in [0.4, 0.5) is 0 Å². The number of rotatable bonds is 5. The van der Waals surface area contributed by atoms with Crippen molar-refractivity contribution >= 4 is 11.6 Å². The summed E-state index contributed by atoms with van der Waals surface area (Å²) in [7, 11) is 5.57. The highest BCUT2D eigenvalue weighted by Gasteiger charge is 2.01. The van der Waals surface area contributed by atoms with Gasteiger partial charge in [-0.3, -0.25) is 0 Å². The molecule has 0 amide bonds. The summed E-state index contributed by atoms with van der Waals surface area (Å²) in [6.45, 7) is 4.24. The highest BCUT2D eigenvalue weighted by atomic mass is 35.5. The molecule has 0 radical (unpaired) electrons. The molecular weight excluding hydrogens is 308 g/mol. The fraction of sp³-hybridized carbons (Fsp3) is 0.368. The summed E-state index contributed by atoms with van der Waals surface area (Å²) in [5.74, 6) is 0.905. The molecule has 2 atom stereocenters. The first kappa shape index (κ1) is 19.5. The Morgan fingerprint density at radius 2 is 1.17 bits per heavy atom. The van der Waals surface area contributed by atoms with Crippen LogP contribution in [0.3, 0.4) is 0 Å². The first-order valence-electron chi connectivity index (χ1n) is 7.75. The quantitative estimate of drug-likeness (QED) is 0.838. The Hall–Kier alpha value is -1.55. The largest absolute Gasteiger partial charge is 0.497 e. The second-order valence-corrected chi connectivity index (χ2v) is 5.78. The van der Waals surface area contributed by atoms with Crippen molar-refractivity contribution in [3.63, 3.8) is 0 Å². The summed E-state index contributed by atoms with van der Waals surface area (Å²) in [5.41, 5.74) is 2.54. The predicted molar refractivity (Wildman–Crippen MR) is 99.4 cm³/mol. The molecule has 0 saturated carbocycles. The summed E-state index contributed by atoms with van der Waals surface area (Å²) < 4.78 is 5.06. The Morgan fingerprint density at radius 3 is 1.52 bits per heavy atom. The first-order chi connectivity index (χ1) is 11.0. The van der Waals surface area contributed by atoms with Gasteiger partial charge < -0.3 is 15.4 Å². The average molecular weight is 335 g/mol. The van der Waals surface area contributed by atoms with E-state index >= 15 is 0 Å². The second-order valence-electron chi connectivity index (χ2n) is 5.35. The Morgan fingerprint density at radius 1 is 0.783 bits per heavy atom. The highest BCUT2D eigenvalue weighted by molar-refractivity contribution is 6.30. The maximum Gasteiger partial charge on any atom is 0.118 e. The lowest BCUT2D eigenvalue weighted by atomic mass is 10.1. The van der Waals surface area contributed by atoms with Crippen molar-refractivity contribution in [1.82, 2.24) is 10.6 Å². The van der Waals surface area contributed by atoms with Gasteiger partial charge in [0.25, 0.3) is 0 Å². The van der Waals surface area contributed by atoms with Crippen LogP contribution >= 0.6 is 11.6 Å². The van der Waals surface area contributed by atoms with Gasteiger partial charge >= 0.3 is 0 Å². The molecule has 2 unspecified atom stereocenters. The van der Waals surface area contributed by atoms with Crippen molar-refractivity contribution in [3.8, 4) is 5.75 Å². The molecule has 126 valence electrons. The second kappa shape index (κ2) is 10.3. The molecule has 0 bridgehead atoms. The van der Waals surface area contributed by atoms with Gasteiger partial charge in [0.15, 0.2) is 0 Å². The van der Waals surface area contributed by atoms with E-state index in [-0.39, 0.29) is 0 Å². The molecule has 23 heavy (non-hydrogen) atoms. The lowest BCUT2D eigenvalue weighted by molar-refractivity contribution is 0.414. The number of ether oxygens (including phenoxy) is 1. The number of methoxy groups -OCH3 is 1. The van der Waals surface area contributed by atoms with Crippen LogP contribution in [0.15, 0.2) is 48.5 Å². The van der Waals surface area contributed by atoms with Crippen LogP contribution < -0.4 is 15.4 Å². The number of benzene rings is 2. The van der Waals surface area contributed by atoms with Crippen LogP contribution in [0.1, 0.15) is 37.1 Å². The van der Waals surface area contributed by atoms with Gasteiger partial charge in [0, 0.05) is 17.1 Å². The normalized spacial score (nSPS) is 12.8. The monoisotopic (exact) mass is 334 g/mol. The van der Waals surface area contributed by atoms with Crippen LogP contribution in [-0.4, -0.2) is 21.2 Å². The van der Waals surface area contributed by atoms with Crippen molar-refractivity contribution in [3.05, 3.63) is 64.7 Å². The van der Waals surface area contributed by atoms with Crippen molar-refractivity contribution in [2.45, 2.75) is 25.9 Å². The molecule has 2 aromatic rings. The van der Waals surface area contributed by atoms with E-state index in [2.05, 4.69) is 36.6 Å². The van der Waals surface area contributed by atoms with E-state index in [0.717, 1.165) is 10.8 Å². The Balaban J connectivity index is 0.000000231. The van der Waals surface area contributed by atoms with Crippen LogP contribution in [-0.2, 0) is 0 Å².